The lowest BCUT2D eigenvalue weighted by molar-refractivity contribution is -0.161. The van der Waals surface area contributed by atoms with Gasteiger partial charge in [0, 0.05) is 19.4 Å². The highest BCUT2D eigenvalue weighted by molar-refractivity contribution is 7.47. The van der Waals surface area contributed by atoms with Crippen LogP contribution in [0.15, 0.2) is 0 Å². The smallest absolute Gasteiger partial charge is 0.462 e. The van der Waals surface area contributed by atoms with Crippen molar-refractivity contribution in [2.75, 3.05) is 26.4 Å². The Hall–Kier alpha value is -0.990. The van der Waals surface area contributed by atoms with Crippen LogP contribution in [-0.4, -0.2) is 49.3 Å². The molecule has 0 amide bonds. The van der Waals surface area contributed by atoms with Gasteiger partial charge >= 0.3 is 19.8 Å². The Morgan fingerprint density at radius 3 is 1.15 bits per heavy atom. The van der Waals surface area contributed by atoms with E-state index in [-0.39, 0.29) is 38.6 Å². The predicted molar refractivity (Wildman–Crippen MR) is 220 cm³/mol. The molecular formula is C43H86NO8P. The first-order valence-electron chi connectivity index (χ1n) is 22.5. The normalized spacial score (nSPS) is 13.2. The van der Waals surface area contributed by atoms with Crippen LogP contribution < -0.4 is 5.73 Å². The van der Waals surface area contributed by atoms with E-state index in [0.29, 0.717) is 6.42 Å². The van der Waals surface area contributed by atoms with Gasteiger partial charge in [0.05, 0.1) is 13.2 Å². The molecule has 9 nitrogen and oxygen atoms in total. The zero-order valence-corrected chi connectivity index (χ0v) is 35.7. The average Bonchev–Trinajstić information content (AvgIpc) is 3.14. The van der Waals surface area contributed by atoms with Gasteiger partial charge in [0.25, 0.3) is 0 Å². The van der Waals surface area contributed by atoms with E-state index in [1.165, 1.54) is 154 Å². The van der Waals surface area contributed by atoms with Gasteiger partial charge in [-0.1, -0.05) is 206 Å². The molecule has 2 unspecified atom stereocenters. The summed E-state index contributed by atoms with van der Waals surface area (Å²) in [7, 11) is -4.36. The Labute approximate surface area is 327 Å². The number of nitrogens with two attached hydrogens (primary N) is 1. The molecule has 10 heteroatoms. The third-order valence-corrected chi connectivity index (χ3v) is 11.0. The van der Waals surface area contributed by atoms with Gasteiger partial charge in [-0.3, -0.25) is 18.6 Å². The highest BCUT2D eigenvalue weighted by atomic mass is 31.2. The Bertz CT molecular complexity index is 845. The number of esters is 2. The maximum absolute atomic E-state index is 12.5. The lowest BCUT2D eigenvalue weighted by atomic mass is 10.0. The molecule has 0 radical (unpaired) electrons. The van der Waals surface area contributed by atoms with Crippen LogP contribution in [0.1, 0.15) is 232 Å². The number of hydrogen-bond donors (Lipinski definition) is 2. The minimum Gasteiger partial charge on any atom is -0.462 e. The number of hydrogen-bond acceptors (Lipinski definition) is 8. The van der Waals surface area contributed by atoms with Crippen LogP contribution in [0.2, 0.25) is 0 Å². The molecule has 0 bridgehead atoms. The second kappa shape index (κ2) is 40.7. The molecule has 316 valence electrons. The fourth-order valence-electron chi connectivity index (χ4n) is 6.64. The largest absolute Gasteiger partial charge is 0.472 e. The van der Waals surface area contributed by atoms with E-state index in [4.69, 9.17) is 24.3 Å². The fourth-order valence-corrected chi connectivity index (χ4v) is 7.40. The van der Waals surface area contributed by atoms with Crippen LogP contribution in [-0.2, 0) is 32.7 Å². The molecule has 0 heterocycles. The molecule has 2 atom stereocenters. The van der Waals surface area contributed by atoms with E-state index in [1.807, 2.05) is 0 Å². The number of phosphoric ester groups is 1. The fraction of sp³-hybridized carbons (Fsp3) is 0.953. The average molecular weight is 776 g/mol. The first-order valence-corrected chi connectivity index (χ1v) is 24.0. The summed E-state index contributed by atoms with van der Waals surface area (Å²) in [5.41, 5.74) is 5.32. The molecule has 53 heavy (non-hydrogen) atoms. The molecule has 0 saturated carbocycles. The van der Waals surface area contributed by atoms with Crippen molar-refractivity contribution >= 4 is 19.8 Å². The van der Waals surface area contributed by atoms with Crippen LogP contribution in [0.5, 0.6) is 0 Å². The van der Waals surface area contributed by atoms with E-state index in [1.54, 1.807) is 0 Å². The molecule has 0 aliphatic heterocycles. The SMILES string of the molecule is CCCCCCCCCCCCCCCCCCCCCCCCCCCCCC(=O)OC(COC(=O)CCCCCCC)COP(=O)(O)OCCN. The quantitative estimate of drug-likeness (QED) is 0.0352. The van der Waals surface area contributed by atoms with Crippen molar-refractivity contribution in [3.8, 4) is 0 Å². The maximum Gasteiger partial charge on any atom is 0.472 e. The van der Waals surface area contributed by atoms with Gasteiger partial charge in [-0.15, -0.1) is 0 Å². The summed E-state index contributed by atoms with van der Waals surface area (Å²) >= 11 is 0. The number of rotatable bonds is 43. The van der Waals surface area contributed by atoms with Crippen molar-refractivity contribution < 1.29 is 37.6 Å². The molecule has 0 aromatic carbocycles. The first-order chi connectivity index (χ1) is 25.8. The summed E-state index contributed by atoms with van der Waals surface area (Å²) in [5, 5.41) is 0. The van der Waals surface area contributed by atoms with Crippen LogP contribution in [0.3, 0.4) is 0 Å². The summed E-state index contributed by atoms with van der Waals surface area (Å²) in [4.78, 5) is 34.5. The van der Waals surface area contributed by atoms with Crippen molar-refractivity contribution in [3.63, 3.8) is 0 Å². The molecule has 0 fully saturated rings. The highest BCUT2D eigenvalue weighted by Crippen LogP contribution is 2.43. The zero-order valence-electron chi connectivity index (χ0n) is 34.8. The van der Waals surface area contributed by atoms with Crippen LogP contribution >= 0.6 is 7.82 Å². The molecule has 0 aromatic heterocycles. The van der Waals surface area contributed by atoms with E-state index >= 15 is 0 Å². The summed E-state index contributed by atoms with van der Waals surface area (Å²) < 4.78 is 32.5. The standard InChI is InChI=1S/C43H86NO8P/c1-3-5-7-9-10-11-12-13-14-15-16-17-18-19-20-21-22-23-24-25-26-27-28-29-30-32-34-36-43(46)52-41(40-51-53(47,48)50-38-37-44)39-49-42(45)35-33-31-8-6-4-2/h41H,3-40,44H2,1-2H3,(H,47,48). The van der Waals surface area contributed by atoms with E-state index in [9.17, 15) is 19.0 Å². The topological polar surface area (TPSA) is 134 Å². The lowest BCUT2D eigenvalue weighted by Gasteiger charge is -2.19. The van der Waals surface area contributed by atoms with Crippen LogP contribution in [0, 0.1) is 0 Å². The molecule has 0 aliphatic carbocycles. The van der Waals surface area contributed by atoms with Crippen molar-refractivity contribution in [1.82, 2.24) is 0 Å². The Morgan fingerprint density at radius 1 is 0.491 bits per heavy atom. The summed E-state index contributed by atoms with van der Waals surface area (Å²) in [6.45, 7) is 3.67. The van der Waals surface area contributed by atoms with E-state index < -0.39 is 26.5 Å². The van der Waals surface area contributed by atoms with Crippen molar-refractivity contribution in [2.45, 2.75) is 238 Å². The minimum atomic E-state index is -4.36. The molecule has 0 saturated heterocycles. The Balaban J connectivity index is 3.77. The predicted octanol–water partition coefficient (Wildman–Crippen LogP) is 12.8. The van der Waals surface area contributed by atoms with Gasteiger partial charge in [-0.05, 0) is 12.8 Å². The van der Waals surface area contributed by atoms with Crippen LogP contribution in [0.4, 0.5) is 0 Å². The van der Waals surface area contributed by atoms with Crippen molar-refractivity contribution in [3.05, 3.63) is 0 Å². The monoisotopic (exact) mass is 776 g/mol. The van der Waals surface area contributed by atoms with Gasteiger partial charge in [-0.25, -0.2) is 4.57 Å². The highest BCUT2D eigenvalue weighted by Gasteiger charge is 2.26. The molecule has 0 aromatic rings. The number of unbranched alkanes of at least 4 members (excludes halogenated alkanes) is 30. The number of phosphoric acid groups is 1. The second-order valence-electron chi connectivity index (χ2n) is 15.3. The van der Waals surface area contributed by atoms with Crippen molar-refractivity contribution in [2.24, 2.45) is 5.73 Å². The summed E-state index contributed by atoms with van der Waals surface area (Å²) in [6.07, 6.45) is 40.7. The number of ether oxygens (including phenoxy) is 2. The first kappa shape index (κ1) is 52.0. The lowest BCUT2D eigenvalue weighted by Crippen LogP contribution is -2.29. The van der Waals surface area contributed by atoms with E-state index in [2.05, 4.69) is 13.8 Å². The zero-order chi connectivity index (χ0) is 38.9. The second-order valence-corrected chi connectivity index (χ2v) is 16.7. The molecule has 0 aliphatic rings. The van der Waals surface area contributed by atoms with Crippen molar-refractivity contribution in [1.29, 1.82) is 0 Å². The summed E-state index contributed by atoms with van der Waals surface area (Å²) in [5.74, 6) is -0.830. The minimum absolute atomic E-state index is 0.0574. The maximum atomic E-state index is 12.5. The third kappa shape index (κ3) is 40.5. The Morgan fingerprint density at radius 2 is 0.811 bits per heavy atom. The molecule has 3 N–H and O–H groups in total. The molecular weight excluding hydrogens is 689 g/mol. The Kier molecular flexibility index (Phi) is 39.9. The van der Waals surface area contributed by atoms with Gasteiger partial charge in [0.15, 0.2) is 6.10 Å². The third-order valence-electron chi connectivity index (χ3n) is 9.99. The number of carbonyl (C=O) groups excluding carboxylic acids is 2. The van der Waals surface area contributed by atoms with E-state index in [0.717, 1.165) is 44.9 Å². The number of carbonyl (C=O) groups is 2. The van der Waals surface area contributed by atoms with Gasteiger partial charge < -0.3 is 20.1 Å². The molecule has 0 rings (SSSR count). The molecule has 0 spiro atoms. The van der Waals surface area contributed by atoms with Crippen LogP contribution in [0.25, 0.3) is 0 Å². The van der Waals surface area contributed by atoms with Gasteiger partial charge in [0.2, 0.25) is 0 Å². The van der Waals surface area contributed by atoms with Gasteiger partial charge in [0.1, 0.15) is 6.61 Å². The summed E-state index contributed by atoms with van der Waals surface area (Å²) in [6, 6.07) is 0. The van der Waals surface area contributed by atoms with Gasteiger partial charge in [-0.2, -0.15) is 0 Å².